The van der Waals surface area contributed by atoms with Crippen molar-refractivity contribution in [2.24, 2.45) is 17.6 Å². The number of hydrogen-bond acceptors (Lipinski definition) is 5. The minimum Gasteiger partial charge on any atom is -0.381 e. The van der Waals surface area contributed by atoms with E-state index in [9.17, 15) is 0 Å². The van der Waals surface area contributed by atoms with Crippen LogP contribution in [0.4, 0.5) is 0 Å². The predicted molar refractivity (Wildman–Crippen MR) is 61.3 cm³/mol. The van der Waals surface area contributed by atoms with E-state index in [1.165, 1.54) is 12.8 Å². The summed E-state index contributed by atoms with van der Waals surface area (Å²) in [6.07, 6.45) is 5.19. The molecule has 17 heavy (non-hydrogen) atoms. The van der Waals surface area contributed by atoms with Gasteiger partial charge in [0.2, 0.25) is 5.89 Å². The van der Waals surface area contributed by atoms with Crippen LogP contribution in [0.15, 0.2) is 4.52 Å². The van der Waals surface area contributed by atoms with E-state index in [0.717, 1.165) is 38.3 Å². The van der Waals surface area contributed by atoms with E-state index >= 15 is 0 Å². The minimum absolute atomic E-state index is 0.193. The average Bonchev–Trinajstić information content (AvgIpc) is 2.89. The minimum atomic E-state index is 0.193. The summed E-state index contributed by atoms with van der Waals surface area (Å²) in [5, 5.41) is 4.02. The van der Waals surface area contributed by atoms with Gasteiger partial charge in [0.15, 0.2) is 5.82 Å². The van der Waals surface area contributed by atoms with Crippen molar-refractivity contribution >= 4 is 0 Å². The molecule has 2 unspecified atom stereocenters. The molecule has 5 heteroatoms. The summed E-state index contributed by atoms with van der Waals surface area (Å²) in [7, 11) is 0. The summed E-state index contributed by atoms with van der Waals surface area (Å²) in [4.78, 5) is 4.41. The molecule has 0 radical (unpaired) electrons. The van der Waals surface area contributed by atoms with E-state index in [1.54, 1.807) is 0 Å². The molecule has 1 saturated heterocycles. The standard InChI is InChI=1S/C12H19N3O2/c13-10(9-1-2-9)6-12-14-11(15-17-12)5-8-3-4-16-7-8/h8-10H,1-7,13H2. The fraction of sp³-hybridized carbons (Fsp3) is 0.833. The Morgan fingerprint density at radius 2 is 2.24 bits per heavy atom. The van der Waals surface area contributed by atoms with Crippen LogP contribution in [0.25, 0.3) is 0 Å². The van der Waals surface area contributed by atoms with Crippen molar-refractivity contribution < 1.29 is 9.26 Å². The smallest absolute Gasteiger partial charge is 0.228 e. The van der Waals surface area contributed by atoms with Crippen LogP contribution < -0.4 is 5.73 Å². The molecule has 2 fully saturated rings. The van der Waals surface area contributed by atoms with Crippen molar-refractivity contribution in [3.63, 3.8) is 0 Å². The maximum atomic E-state index is 6.04. The number of rotatable bonds is 5. The molecule has 1 saturated carbocycles. The summed E-state index contributed by atoms with van der Waals surface area (Å²) in [5.74, 6) is 2.72. The quantitative estimate of drug-likeness (QED) is 0.824. The Hall–Kier alpha value is -0.940. The second-order valence-electron chi connectivity index (χ2n) is 5.24. The summed E-state index contributed by atoms with van der Waals surface area (Å²) in [6.45, 7) is 1.69. The van der Waals surface area contributed by atoms with E-state index in [2.05, 4.69) is 10.1 Å². The van der Waals surface area contributed by atoms with Crippen molar-refractivity contribution in [2.45, 2.75) is 38.1 Å². The maximum absolute atomic E-state index is 6.04. The second-order valence-corrected chi connectivity index (χ2v) is 5.24. The highest BCUT2D eigenvalue weighted by Gasteiger charge is 2.30. The first-order valence-corrected chi connectivity index (χ1v) is 6.46. The van der Waals surface area contributed by atoms with E-state index in [0.29, 0.717) is 17.7 Å². The predicted octanol–water partition coefficient (Wildman–Crippen LogP) is 0.928. The molecule has 94 valence electrons. The molecule has 2 heterocycles. The van der Waals surface area contributed by atoms with Crippen molar-refractivity contribution in [3.05, 3.63) is 11.7 Å². The van der Waals surface area contributed by atoms with E-state index in [-0.39, 0.29) is 6.04 Å². The fourth-order valence-corrected chi connectivity index (χ4v) is 2.35. The molecule has 2 N–H and O–H groups in total. The fourth-order valence-electron chi connectivity index (χ4n) is 2.35. The van der Waals surface area contributed by atoms with Crippen molar-refractivity contribution in [3.8, 4) is 0 Å². The van der Waals surface area contributed by atoms with Gasteiger partial charge in [-0.15, -0.1) is 0 Å². The second kappa shape index (κ2) is 4.74. The maximum Gasteiger partial charge on any atom is 0.228 e. The molecule has 3 rings (SSSR count). The Labute approximate surface area is 101 Å². The van der Waals surface area contributed by atoms with E-state index in [4.69, 9.17) is 15.0 Å². The molecule has 0 spiro atoms. The van der Waals surface area contributed by atoms with E-state index < -0.39 is 0 Å². The third-order valence-electron chi connectivity index (χ3n) is 3.64. The lowest BCUT2D eigenvalue weighted by molar-refractivity contribution is 0.185. The zero-order chi connectivity index (χ0) is 11.7. The zero-order valence-electron chi connectivity index (χ0n) is 9.97. The van der Waals surface area contributed by atoms with Gasteiger partial charge in [0.25, 0.3) is 0 Å². The molecule has 0 bridgehead atoms. The highest BCUT2D eigenvalue weighted by atomic mass is 16.5. The first-order chi connectivity index (χ1) is 8.31. The highest BCUT2D eigenvalue weighted by Crippen LogP contribution is 2.32. The third kappa shape index (κ3) is 2.84. The van der Waals surface area contributed by atoms with Crippen molar-refractivity contribution in [2.75, 3.05) is 13.2 Å². The molecule has 1 aliphatic carbocycles. The van der Waals surface area contributed by atoms with Crippen LogP contribution in [-0.4, -0.2) is 29.4 Å². The Balaban J connectivity index is 1.53. The molecule has 0 amide bonds. The van der Waals surface area contributed by atoms with Gasteiger partial charge in [-0.1, -0.05) is 5.16 Å². The Bertz CT molecular complexity index is 351. The first kappa shape index (κ1) is 11.2. The van der Waals surface area contributed by atoms with Crippen LogP contribution in [0.1, 0.15) is 31.0 Å². The molecule has 1 aliphatic heterocycles. The van der Waals surface area contributed by atoms with Crippen LogP contribution in [0, 0.1) is 11.8 Å². The van der Waals surface area contributed by atoms with Gasteiger partial charge in [0.05, 0.1) is 0 Å². The van der Waals surface area contributed by atoms with Gasteiger partial charge < -0.3 is 15.0 Å². The average molecular weight is 237 g/mol. The molecular weight excluding hydrogens is 218 g/mol. The Kier molecular flexibility index (Phi) is 3.11. The first-order valence-electron chi connectivity index (χ1n) is 6.46. The number of nitrogens with two attached hydrogens (primary N) is 1. The van der Waals surface area contributed by atoms with Gasteiger partial charge in [0.1, 0.15) is 0 Å². The Morgan fingerprint density at radius 1 is 1.35 bits per heavy atom. The lowest BCUT2D eigenvalue weighted by Gasteiger charge is -2.05. The van der Waals surface area contributed by atoms with Crippen LogP contribution in [0.5, 0.6) is 0 Å². The molecule has 2 aliphatic rings. The van der Waals surface area contributed by atoms with Crippen LogP contribution in [0.3, 0.4) is 0 Å². The van der Waals surface area contributed by atoms with E-state index in [1.807, 2.05) is 0 Å². The van der Waals surface area contributed by atoms with Crippen LogP contribution in [0.2, 0.25) is 0 Å². The van der Waals surface area contributed by atoms with Crippen LogP contribution >= 0.6 is 0 Å². The highest BCUT2D eigenvalue weighted by molar-refractivity contribution is 4.94. The van der Waals surface area contributed by atoms with Gasteiger partial charge in [0, 0.05) is 32.1 Å². The van der Waals surface area contributed by atoms with Crippen LogP contribution in [-0.2, 0) is 17.6 Å². The van der Waals surface area contributed by atoms with Crippen molar-refractivity contribution in [1.29, 1.82) is 0 Å². The topological polar surface area (TPSA) is 74.2 Å². The zero-order valence-corrected chi connectivity index (χ0v) is 9.97. The lowest BCUT2D eigenvalue weighted by Crippen LogP contribution is -2.25. The van der Waals surface area contributed by atoms with Gasteiger partial charge in [-0.25, -0.2) is 0 Å². The molecule has 1 aromatic heterocycles. The number of aromatic nitrogens is 2. The molecule has 1 aromatic rings. The Morgan fingerprint density at radius 3 is 2.94 bits per heavy atom. The molecular formula is C12H19N3O2. The summed E-state index contributed by atoms with van der Waals surface area (Å²) in [6, 6.07) is 0.193. The summed E-state index contributed by atoms with van der Waals surface area (Å²) in [5.41, 5.74) is 6.04. The normalized spacial score (nSPS) is 26.3. The summed E-state index contributed by atoms with van der Waals surface area (Å²) < 4.78 is 10.6. The number of ether oxygens (including phenoxy) is 1. The molecule has 5 nitrogen and oxygen atoms in total. The van der Waals surface area contributed by atoms with Gasteiger partial charge in [-0.05, 0) is 31.1 Å². The van der Waals surface area contributed by atoms with Gasteiger partial charge >= 0.3 is 0 Å². The third-order valence-corrected chi connectivity index (χ3v) is 3.64. The monoisotopic (exact) mass is 237 g/mol. The number of hydrogen-bond donors (Lipinski definition) is 1. The SMILES string of the molecule is NC(Cc1nc(CC2CCOC2)no1)C1CC1. The summed E-state index contributed by atoms with van der Waals surface area (Å²) >= 11 is 0. The largest absolute Gasteiger partial charge is 0.381 e. The molecule has 2 atom stereocenters. The number of nitrogens with zero attached hydrogens (tertiary/aromatic N) is 2. The lowest BCUT2D eigenvalue weighted by atomic mass is 10.1. The van der Waals surface area contributed by atoms with Gasteiger partial charge in [-0.2, -0.15) is 4.98 Å². The van der Waals surface area contributed by atoms with Crippen molar-refractivity contribution in [1.82, 2.24) is 10.1 Å². The molecule has 0 aromatic carbocycles. The van der Waals surface area contributed by atoms with Gasteiger partial charge in [-0.3, -0.25) is 0 Å².